The van der Waals surface area contributed by atoms with Crippen molar-refractivity contribution in [1.82, 2.24) is 10.6 Å². The Morgan fingerprint density at radius 3 is 2.00 bits per heavy atom. The van der Waals surface area contributed by atoms with Crippen molar-refractivity contribution < 1.29 is 19.8 Å². The maximum Gasteiger partial charge on any atom is 0.406 e. The van der Waals surface area contributed by atoms with Crippen LogP contribution in [-0.4, -0.2) is 28.6 Å². The summed E-state index contributed by atoms with van der Waals surface area (Å²) in [5, 5.41) is 21.0. The number of hydrogen-bond donors (Lipinski definition) is 4. The lowest BCUT2D eigenvalue weighted by molar-refractivity contribution is 0.174. The van der Waals surface area contributed by atoms with Crippen LogP contribution in [-0.2, 0) is 0 Å². The third-order valence-corrected chi connectivity index (χ3v) is 1.69. The Morgan fingerprint density at radius 1 is 1.14 bits per heavy atom. The second-order valence-electron chi connectivity index (χ2n) is 2.95. The van der Waals surface area contributed by atoms with Crippen molar-refractivity contribution in [2.45, 2.75) is 38.8 Å². The van der Waals surface area contributed by atoms with Gasteiger partial charge in [-0.05, 0) is 12.8 Å². The van der Waals surface area contributed by atoms with E-state index in [4.69, 9.17) is 10.2 Å². The van der Waals surface area contributed by atoms with Crippen LogP contribution in [0.5, 0.6) is 0 Å². The predicted molar refractivity (Wildman–Crippen MR) is 50.3 cm³/mol. The summed E-state index contributed by atoms with van der Waals surface area (Å²) in [6, 6.07) is 0. The van der Waals surface area contributed by atoms with Crippen molar-refractivity contribution in [3.8, 4) is 0 Å². The van der Waals surface area contributed by atoms with Gasteiger partial charge in [0.05, 0.1) is 0 Å². The molecule has 0 aliphatic heterocycles. The van der Waals surface area contributed by atoms with Gasteiger partial charge in [-0.15, -0.1) is 0 Å². The molecule has 0 heterocycles. The first kappa shape index (κ1) is 12.5. The number of amides is 2. The summed E-state index contributed by atoms with van der Waals surface area (Å²) < 4.78 is 0. The summed E-state index contributed by atoms with van der Waals surface area (Å²) in [7, 11) is 0. The molecule has 0 bridgehead atoms. The average molecular weight is 204 g/mol. The van der Waals surface area contributed by atoms with Gasteiger partial charge in [0.15, 0.2) is 0 Å². The first-order chi connectivity index (χ1) is 6.56. The van der Waals surface area contributed by atoms with Crippen LogP contribution in [0.1, 0.15) is 32.6 Å². The van der Waals surface area contributed by atoms with Gasteiger partial charge in [0.2, 0.25) is 0 Å². The minimum Gasteiger partial charge on any atom is -0.465 e. The molecule has 14 heavy (non-hydrogen) atoms. The van der Waals surface area contributed by atoms with E-state index in [1.54, 1.807) is 0 Å². The fraction of sp³-hybridized carbons (Fsp3) is 0.750. The topological polar surface area (TPSA) is 98.7 Å². The maximum absolute atomic E-state index is 10.3. The molecule has 0 rings (SSSR count). The number of unbranched alkanes of at least 4 members (excludes halogenated alkanes) is 2. The Bertz CT molecular complexity index is 180. The van der Waals surface area contributed by atoms with Crippen LogP contribution in [0.3, 0.4) is 0 Å². The van der Waals surface area contributed by atoms with E-state index in [1.807, 2.05) is 6.92 Å². The molecule has 0 unspecified atom stereocenters. The highest BCUT2D eigenvalue weighted by atomic mass is 16.4. The molecule has 4 N–H and O–H groups in total. The Balaban J connectivity index is 3.84. The lowest BCUT2D eigenvalue weighted by Gasteiger charge is -2.16. The third-order valence-electron chi connectivity index (χ3n) is 1.69. The van der Waals surface area contributed by atoms with Gasteiger partial charge in [0.1, 0.15) is 6.17 Å². The zero-order valence-electron chi connectivity index (χ0n) is 8.12. The van der Waals surface area contributed by atoms with Gasteiger partial charge in [0, 0.05) is 0 Å². The van der Waals surface area contributed by atoms with E-state index in [1.165, 1.54) is 0 Å². The summed E-state index contributed by atoms with van der Waals surface area (Å²) >= 11 is 0. The molecular formula is C8H16N2O4. The quantitative estimate of drug-likeness (QED) is 0.388. The summed E-state index contributed by atoms with van der Waals surface area (Å²) in [4.78, 5) is 20.6. The van der Waals surface area contributed by atoms with Crippen molar-refractivity contribution in [1.29, 1.82) is 0 Å². The van der Waals surface area contributed by atoms with Gasteiger partial charge >= 0.3 is 12.2 Å². The lowest BCUT2D eigenvalue weighted by Crippen LogP contribution is -2.46. The fourth-order valence-electron chi connectivity index (χ4n) is 1.08. The van der Waals surface area contributed by atoms with Crippen LogP contribution in [0.15, 0.2) is 0 Å². The van der Waals surface area contributed by atoms with Crippen molar-refractivity contribution in [3.63, 3.8) is 0 Å². The first-order valence-electron chi connectivity index (χ1n) is 4.55. The summed E-state index contributed by atoms with van der Waals surface area (Å²) in [6.45, 7) is 2.02. The van der Waals surface area contributed by atoms with E-state index < -0.39 is 18.4 Å². The van der Waals surface area contributed by atoms with Gasteiger partial charge in [-0.2, -0.15) is 0 Å². The highest BCUT2D eigenvalue weighted by molar-refractivity contribution is 5.68. The Morgan fingerprint density at radius 2 is 1.64 bits per heavy atom. The minimum atomic E-state index is -1.22. The maximum atomic E-state index is 10.3. The number of carboxylic acid groups (broad SMARTS) is 2. The van der Waals surface area contributed by atoms with Crippen molar-refractivity contribution in [2.75, 3.05) is 0 Å². The molecule has 0 aromatic rings. The smallest absolute Gasteiger partial charge is 0.406 e. The molecule has 0 radical (unpaired) electrons. The fourth-order valence-corrected chi connectivity index (χ4v) is 1.08. The molecule has 0 aromatic heterocycles. The number of carbonyl (C=O) groups is 2. The zero-order chi connectivity index (χ0) is 11.0. The monoisotopic (exact) mass is 204 g/mol. The molecule has 0 aromatic carbocycles. The Labute approximate surface area is 82.3 Å². The summed E-state index contributed by atoms with van der Waals surface area (Å²) in [5.41, 5.74) is 0. The third kappa shape index (κ3) is 7.20. The van der Waals surface area contributed by atoms with E-state index in [9.17, 15) is 9.59 Å². The van der Waals surface area contributed by atoms with Crippen LogP contribution in [0.4, 0.5) is 9.59 Å². The van der Waals surface area contributed by atoms with Gasteiger partial charge in [-0.25, -0.2) is 9.59 Å². The molecule has 0 aliphatic rings. The largest absolute Gasteiger partial charge is 0.465 e. The van der Waals surface area contributed by atoms with Gasteiger partial charge < -0.3 is 20.8 Å². The molecule has 2 amide bonds. The second kappa shape index (κ2) is 6.99. The highest BCUT2D eigenvalue weighted by Gasteiger charge is 2.12. The SMILES string of the molecule is CCCCCC(NC(=O)O)NC(=O)O. The Kier molecular flexibility index (Phi) is 6.26. The van der Waals surface area contributed by atoms with E-state index >= 15 is 0 Å². The van der Waals surface area contributed by atoms with E-state index in [-0.39, 0.29) is 0 Å². The molecule has 82 valence electrons. The van der Waals surface area contributed by atoms with E-state index in [0.717, 1.165) is 19.3 Å². The van der Waals surface area contributed by atoms with Crippen LogP contribution in [0.25, 0.3) is 0 Å². The normalized spacial score (nSPS) is 9.86. The molecule has 0 fully saturated rings. The highest BCUT2D eigenvalue weighted by Crippen LogP contribution is 2.01. The Hall–Kier alpha value is -1.46. The lowest BCUT2D eigenvalue weighted by atomic mass is 10.2. The molecule has 0 saturated carbocycles. The number of nitrogens with one attached hydrogen (secondary N) is 2. The average Bonchev–Trinajstić information content (AvgIpc) is 2.02. The van der Waals surface area contributed by atoms with Crippen LogP contribution >= 0.6 is 0 Å². The predicted octanol–water partition coefficient (Wildman–Crippen LogP) is 1.43. The molecule has 0 aliphatic carbocycles. The molecule has 0 atom stereocenters. The second-order valence-corrected chi connectivity index (χ2v) is 2.95. The van der Waals surface area contributed by atoms with Crippen LogP contribution in [0.2, 0.25) is 0 Å². The molecule has 0 spiro atoms. The van der Waals surface area contributed by atoms with Crippen LogP contribution in [0, 0.1) is 0 Å². The number of rotatable bonds is 6. The van der Waals surface area contributed by atoms with E-state index in [2.05, 4.69) is 10.6 Å². The molecule has 6 nitrogen and oxygen atoms in total. The van der Waals surface area contributed by atoms with Crippen LogP contribution < -0.4 is 10.6 Å². The minimum absolute atomic E-state index is 0.479. The number of hydrogen-bond acceptors (Lipinski definition) is 2. The van der Waals surface area contributed by atoms with Crippen molar-refractivity contribution >= 4 is 12.2 Å². The standard InChI is InChI=1S/C8H16N2O4/c1-2-3-4-5-6(9-7(11)12)10-8(13)14/h6,9-10H,2-5H2,1H3,(H,11,12)(H,13,14). The molecular weight excluding hydrogens is 188 g/mol. The molecule has 6 heteroatoms. The van der Waals surface area contributed by atoms with Gasteiger partial charge in [-0.3, -0.25) is 0 Å². The van der Waals surface area contributed by atoms with Crippen molar-refractivity contribution in [3.05, 3.63) is 0 Å². The van der Waals surface area contributed by atoms with E-state index in [0.29, 0.717) is 6.42 Å². The van der Waals surface area contributed by atoms with Gasteiger partial charge in [-0.1, -0.05) is 19.8 Å². The first-order valence-corrected chi connectivity index (χ1v) is 4.55. The summed E-state index contributed by atoms with van der Waals surface area (Å²) in [5.74, 6) is 0. The van der Waals surface area contributed by atoms with Gasteiger partial charge in [0.25, 0.3) is 0 Å². The summed E-state index contributed by atoms with van der Waals surface area (Å²) in [6.07, 6.45) is 0.0807. The zero-order valence-corrected chi connectivity index (χ0v) is 8.12. The molecule has 0 saturated heterocycles. The van der Waals surface area contributed by atoms with Crippen molar-refractivity contribution in [2.24, 2.45) is 0 Å².